The molecular weight excluding hydrogens is 214 g/mol. The van der Waals surface area contributed by atoms with Gasteiger partial charge in [0.2, 0.25) is 0 Å². The minimum absolute atomic E-state index is 0.120. The average Bonchev–Trinajstić information content (AvgIpc) is 3.11. The van der Waals surface area contributed by atoms with E-state index in [-0.39, 0.29) is 5.41 Å². The van der Waals surface area contributed by atoms with Crippen molar-refractivity contribution < 1.29 is 9.47 Å². The van der Waals surface area contributed by atoms with Crippen molar-refractivity contribution in [2.45, 2.75) is 32.1 Å². The SMILES string of the molecule is COc1cc(C)c(OC)c(C2(CN)CC2)c1C. The lowest BCUT2D eigenvalue weighted by Gasteiger charge is -2.23. The summed E-state index contributed by atoms with van der Waals surface area (Å²) in [6, 6.07) is 2.03. The maximum atomic E-state index is 5.94. The first kappa shape index (κ1) is 12.2. The van der Waals surface area contributed by atoms with Gasteiger partial charge in [-0.2, -0.15) is 0 Å². The van der Waals surface area contributed by atoms with Crippen molar-refractivity contribution in [2.75, 3.05) is 20.8 Å². The topological polar surface area (TPSA) is 44.5 Å². The van der Waals surface area contributed by atoms with E-state index in [4.69, 9.17) is 15.2 Å². The highest BCUT2D eigenvalue weighted by molar-refractivity contribution is 5.58. The quantitative estimate of drug-likeness (QED) is 0.871. The van der Waals surface area contributed by atoms with Crippen LogP contribution in [0.5, 0.6) is 11.5 Å². The van der Waals surface area contributed by atoms with Gasteiger partial charge in [-0.15, -0.1) is 0 Å². The van der Waals surface area contributed by atoms with Gasteiger partial charge in [0.1, 0.15) is 11.5 Å². The van der Waals surface area contributed by atoms with Crippen molar-refractivity contribution in [1.29, 1.82) is 0 Å². The van der Waals surface area contributed by atoms with E-state index in [0.717, 1.165) is 35.5 Å². The van der Waals surface area contributed by atoms with Gasteiger partial charge in [-0.1, -0.05) is 0 Å². The van der Waals surface area contributed by atoms with Gasteiger partial charge in [0.05, 0.1) is 14.2 Å². The van der Waals surface area contributed by atoms with Crippen molar-refractivity contribution >= 4 is 0 Å². The number of ether oxygens (including phenoxy) is 2. The second-order valence-corrected chi connectivity index (χ2v) is 4.91. The fourth-order valence-corrected chi connectivity index (χ4v) is 2.68. The second kappa shape index (κ2) is 4.22. The molecule has 0 heterocycles. The minimum Gasteiger partial charge on any atom is -0.496 e. The van der Waals surface area contributed by atoms with Crippen molar-refractivity contribution in [2.24, 2.45) is 5.73 Å². The molecule has 17 heavy (non-hydrogen) atoms. The maximum absolute atomic E-state index is 5.94. The van der Waals surface area contributed by atoms with E-state index in [9.17, 15) is 0 Å². The summed E-state index contributed by atoms with van der Waals surface area (Å²) in [4.78, 5) is 0. The van der Waals surface area contributed by atoms with Crippen LogP contribution in [0.1, 0.15) is 29.5 Å². The molecule has 0 spiro atoms. The first-order chi connectivity index (χ1) is 8.09. The molecule has 3 nitrogen and oxygen atoms in total. The van der Waals surface area contributed by atoms with Crippen LogP contribution in [0.3, 0.4) is 0 Å². The fraction of sp³-hybridized carbons (Fsp3) is 0.571. The standard InChI is InChI=1S/C14H21NO2/c1-9-7-11(16-3)10(2)12(13(9)17-4)14(8-15)5-6-14/h7H,5-6,8,15H2,1-4H3. The van der Waals surface area contributed by atoms with Crippen molar-refractivity contribution in [3.8, 4) is 11.5 Å². The summed E-state index contributed by atoms with van der Waals surface area (Å²) >= 11 is 0. The molecule has 0 bridgehead atoms. The molecule has 0 radical (unpaired) electrons. The Morgan fingerprint density at radius 2 is 1.88 bits per heavy atom. The fourth-order valence-electron chi connectivity index (χ4n) is 2.68. The number of benzene rings is 1. The summed E-state index contributed by atoms with van der Waals surface area (Å²) in [5.41, 5.74) is 9.59. The van der Waals surface area contributed by atoms with E-state index in [2.05, 4.69) is 13.8 Å². The zero-order chi connectivity index (χ0) is 12.6. The Bertz CT molecular complexity index is 436. The van der Waals surface area contributed by atoms with E-state index in [1.54, 1.807) is 14.2 Å². The van der Waals surface area contributed by atoms with Crippen LogP contribution in [0.15, 0.2) is 6.07 Å². The molecule has 1 aromatic rings. The van der Waals surface area contributed by atoms with E-state index in [1.165, 1.54) is 5.56 Å². The van der Waals surface area contributed by atoms with Crippen LogP contribution in [-0.4, -0.2) is 20.8 Å². The highest BCUT2D eigenvalue weighted by Crippen LogP contribution is 2.53. The first-order valence-electron chi connectivity index (χ1n) is 6.02. The largest absolute Gasteiger partial charge is 0.496 e. The molecule has 0 saturated heterocycles. The van der Waals surface area contributed by atoms with Crippen molar-refractivity contribution in [3.63, 3.8) is 0 Å². The third-order valence-corrected chi connectivity index (χ3v) is 3.88. The van der Waals surface area contributed by atoms with Crippen LogP contribution < -0.4 is 15.2 Å². The molecule has 94 valence electrons. The van der Waals surface area contributed by atoms with Crippen LogP contribution in [0.4, 0.5) is 0 Å². The summed E-state index contributed by atoms with van der Waals surface area (Å²) in [6.45, 7) is 4.82. The van der Waals surface area contributed by atoms with E-state index in [1.807, 2.05) is 6.07 Å². The van der Waals surface area contributed by atoms with Gasteiger partial charge in [0.25, 0.3) is 0 Å². The highest BCUT2D eigenvalue weighted by atomic mass is 16.5. The monoisotopic (exact) mass is 235 g/mol. The third kappa shape index (κ3) is 1.78. The predicted molar refractivity (Wildman–Crippen MR) is 69.0 cm³/mol. The van der Waals surface area contributed by atoms with Crippen molar-refractivity contribution in [1.82, 2.24) is 0 Å². The third-order valence-electron chi connectivity index (χ3n) is 3.88. The van der Waals surface area contributed by atoms with Crippen LogP contribution in [0.2, 0.25) is 0 Å². The smallest absolute Gasteiger partial charge is 0.126 e. The average molecular weight is 235 g/mol. The maximum Gasteiger partial charge on any atom is 0.126 e. The molecule has 1 aromatic carbocycles. The highest BCUT2D eigenvalue weighted by Gasteiger charge is 2.46. The Balaban J connectivity index is 2.65. The molecule has 2 N–H and O–H groups in total. The number of aryl methyl sites for hydroxylation is 1. The molecule has 1 aliphatic carbocycles. The van der Waals surface area contributed by atoms with E-state index >= 15 is 0 Å². The van der Waals surface area contributed by atoms with Gasteiger partial charge in [0, 0.05) is 17.5 Å². The molecule has 1 fully saturated rings. The Kier molecular flexibility index (Phi) is 3.04. The Labute approximate surface area is 103 Å². The normalized spacial score (nSPS) is 16.8. The number of hydrogen-bond acceptors (Lipinski definition) is 3. The zero-order valence-corrected chi connectivity index (χ0v) is 11.1. The lowest BCUT2D eigenvalue weighted by Crippen LogP contribution is -2.22. The summed E-state index contributed by atoms with van der Waals surface area (Å²) < 4.78 is 11.0. The summed E-state index contributed by atoms with van der Waals surface area (Å²) in [6.07, 6.45) is 2.29. The molecule has 1 aliphatic rings. The van der Waals surface area contributed by atoms with Gasteiger partial charge in [-0.05, 0) is 43.9 Å². The molecular formula is C14H21NO2. The zero-order valence-electron chi connectivity index (χ0n) is 11.1. The number of nitrogens with two attached hydrogens (primary N) is 1. The summed E-state index contributed by atoms with van der Waals surface area (Å²) in [7, 11) is 3.43. The van der Waals surface area contributed by atoms with Gasteiger partial charge in [0.15, 0.2) is 0 Å². The molecule has 2 rings (SSSR count). The van der Waals surface area contributed by atoms with Crippen molar-refractivity contribution in [3.05, 3.63) is 22.8 Å². The molecule has 0 aliphatic heterocycles. The minimum atomic E-state index is 0.120. The lowest BCUT2D eigenvalue weighted by atomic mass is 9.88. The Hall–Kier alpha value is -1.22. The Morgan fingerprint density at radius 3 is 2.29 bits per heavy atom. The lowest BCUT2D eigenvalue weighted by molar-refractivity contribution is 0.388. The molecule has 0 atom stereocenters. The van der Waals surface area contributed by atoms with E-state index in [0.29, 0.717) is 6.54 Å². The number of hydrogen-bond donors (Lipinski definition) is 1. The van der Waals surface area contributed by atoms with Gasteiger partial charge >= 0.3 is 0 Å². The molecule has 0 unspecified atom stereocenters. The van der Waals surface area contributed by atoms with Gasteiger partial charge in [-0.25, -0.2) is 0 Å². The summed E-state index contributed by atoms with van der Waals surface area (Å²) in [5, 5.41) is 0. The number of methoxy groups -OCH3 is 2. The van der Waals surface area contributed by atoms with Crippen LogP contribution in [0.25, 0.3) is 0 Å². The molecule has 0 aromatic heterocycles. The molecule has 1 saturated carbocycles. The van der Waals surface area contributed by atoms with Gasteiger partial charge in [-0.3, -0.25) is 0 Å². The van der Waals surface area contributed by atoms with Crippen LogP contribution >= 0.6 is 0 Å². The number of rotatable bonds is 4. The molecule has 3 heteroatoms. The first-order valence-corrected chi connectivity index (χ1v) is 6.02. The van der Waals surface area contributed by atoms with E-state index < -0.39 is 0 Å². The van der Waals surface area contributed by atoms with Crippen LogP contribution in [0, 0.1) is 13.8 Å². The second-order valence-electron chi connectivity index (χ2n) is 4.91. The van der Waals surface area contributed by atoms with Crippen LogP contribution in [-0.2, 0) is 5.41 Å². The van der Waals surface area contributed by atoms with Gasteiger partial charge < -0.3 is 15.2 Å². The molecule has 0 amide bonds. The predicted octanol–water partition coefficient (Wildman–Crippen LogP) is 2.31. The summed E-state index contributed by atoms with van der Waals surface area (Å²) in [5.74, 6) is 1.91. The Morgan fingerprint density at radius 1 is 1.24 bits per heavy atom.